The molecule has 1 saturated heterocycles. The molecule has 23 heavy (non-hydrogen) atoms. The number of nitrogens with one attached hydrogen (secondary N) is 1. The Hall–Kier alpha value is -1.99. The molecule has 1 aliphatic heterocycles. The summed E-state index contributed by atoms with van der Waals surface area (Å²) >= 11 is 1.71. The van der Waals surface area contributed by atoms with Gasteiger partial charge in [-0.3, -0.25) is 0 Å². The average Bonchev–Trinajstić information content (AvgIpc) is 3.25. The minimum atomic E-state index is -0.512. The number of fused-ring (bicyclic) bond motifs is 1. The van der Waals surface area contributed by atoms with E-state index in [1.807, 2.05) is 0 Å². The lowest BCUT2D eigenvalue weighted by molar-refractivity contribution is 0.0856. The molecule has 3 aromatic heterocycles. The molecule has 0 aromatic carbocycles. The largest absolute Gasteiger partial charge is 0.385 e. The maximum atomic E-state index is 10.4. The Morgan fingerprint density at radius 3 is 2.87 bits per heavy atom. The summed E-state index contributed by atoms with van der Waals surface area (Å²) in [4.78, 5) is 18.4. The molecule has 0 aliphatic carbocycles. The predicted molar refractivity (Wildman–Crippen MR) is 90.6 cm³/mol. The van der Waals surface area contributed by atoms with Gasteiger partial charge in [-0.05, 0) is 36.6 Å². The van der Waals surface area contributed by atoms with Crippen molar-refractivity contribution in [2.24, 2.45) is 5.92 Å². The van der Waals surface area contributed by atoms with Crippen molar-refractivity contribution in [1.82, 2.24) is 19.9 Å². The van der Waals surface area contributed by atoms with Crippen LogP contribution in [-0.2, 0) is 0 Å². The first kappa shape index (κ1) is 14.6. The molecular weight excluding hydrogens is 310 g/mol. The molecular formula is C16H19N5OS. The third-order valence-electron chi connectivity index (χ3n) is 4.60. The summed E-state index contributed by atoms with van der Waals surface area (Å²) < 4.78 is 1.16. The fraction of sp³-hybridized carbons (Fsp3) is 0.438. The van der Waals surface area contributed by atoms with Gasteiger partial charge in [0.25, 0.3) is 0 Å². The van der Waals surface area contributed by atoms with Crippen molar-refractivity contribution in [3.63, 3.8) is 0 Å². The molecule has 0 saturated carbocycles. The first-order valence-corrected chi connectivity index (χ1v) is 8.73. The third kappa shape index (κ3) is 2.60. The van der Waals surface area contributed by atoms with Crippen molar-refractivity contribution in [2.45, 2.75) is 25.9 Å². The van der Waals surface area contributed by atoms with Crippen LogP contribution in [0.3, 0.4) is 0 Å². The number of H-pyrrole nitrogens is 1. The second kappa shape index (κ2) is 5.90. The SMILES string of the molecule is Cc1csc2c(N3CCC([C@@H](O)c4ncc[nH]4)CC3)ncnc12. The van der Waals surface area contributed by atoms with Crippen LogP contribution in [0.4, 0.5) is 5.82 Å². The molecule has 4 heterocycles. The highest BCUT2D eigenvalue weighted by Crippen LogP contribution is 2.35. The molecule has 0 amide bonds. The van der Waals surface area contributed by atoms with Crippen LogP contribution in [0.2, 0.25) is 0 Å². The number of imidazole rings is 1. The van der Waals surface area contributed by atoms with Gasteiger partial charge in [-0.2, -0.15) is 0 Å². The molecule has 3 aromatic rings. The maximum Gasteiger partial charge on any atom is 0.150 e. The van der Waals surface area contributed by atoms with Gasteiger partial charge in [0.15, 0.2) is 0 Å². The van der Waals surface area contributed by atoms with Gasteiger partial charge >= 0.3 is 0 Å². The summed E-state index contributed by atoms with van der Waals surface area (Å²) in [6.07, 6.45) is 6.44. The van der Waals surface area contributed by atoms with Crippen molar-refractivity contribution >= 4 is 27.4 Å². The number of aliphatic hydroxyl groups is 1. The average molecular weight is 329 g/mol. The summed E-state index contributed by atoms with van der Waals surface area (Å²) in [6.45, 7) is 3.87. The van der Waals surface area contributed by atoms with Crippen molar-refractivity contribution in [3.05, 3.63) is 35.5 Å². The highest BCUT2D eigenvalue weighted by molar-refractivity contribution is 7.18. The molecule has 0 bridgehead atoms. The smallest absolute Gasteiger partial charge is 0.150 e. The number of anilines is 1. The van der Waals surface area contributed by atoms with E-state index in [4.69, 9.17) is 0 Å². The number of hydrogen-bond acceptors (Lipinski definition) is 6. The number of rotatable bonds is 3. The van der Waals surface area contributed by atoms with Crippen LogP contribution < -0.4 is 4.90 Å². The number of nitrogens with zero attached hydrogens (tertiary/aromatic N) is 4. The molecule has 120 valence electrons. The lowest BCUT2D eigenvalue weighted by Gasteiger charge is -2.34. The minimum Gasteiger partial charge on any atom is -0.385 e. The van der Waals surface area contributed by atoms with Gasteiger partial charge in [-0.15, -0.1) is 11.3 Å². The molecule has 0 radical (unpaired) electrons. The van der Waals surface area contributed by atoms with E-state index in [0.29, 0.717) is 5.82 Å². The molecule has 7 heteroatoms. The van der Waals surface area contributed by atoms with Gasteiger partial charge < -0.3 is 15.0 Å². The number of aliphatic hydroxyl groups excluding tert-OH is 1. The van der Waals surface area contributed by atoms with Crippen LogP contribution in [0.1, 0.15) is 30.3 Å². The second-order valence-corrected chi connectivity index (χ2v) is 6.92. The van der Waals surface area contributed by atoms with Crippen molar-refractivity contribution in [3.8, 4) is 0 Å². The van der Waals surface area contributed by atoms with E-state index in [-0.39, 0.29) is 5.92 Å². The monoisotopic (exact) mass is 329 g/mol. The van der Waals surface area contributed by atoms with Crippen molar-refractivity contribution in [2.75, 3.05) is 18.0 Å². The van der Waals surface area contributed by atoms with Crippen LogP contribution >= 0.6 is 11.3 Å². The van der Waals surface area contributed by atoms with Crippen LogP contribution in [0.25, 0.3) is 10.2 Å². The van der Waals surface area contributed by atoms with Gasteiger partial charge in [0.05, 0.1) is 10.2 Å². The molecule has 4 rings (SSSR count). The fourth-order valence-electron chi connectivity index (χ4n) is 3.27. The van der Waals surface area contributed by atoms with E-state index < -0.39 is 6.10 Å². The third-order valence-corrected chi connectivity index (χ3v) is 5.68. The molecule has 2 N–H and O–H groups in total. The van der Waals surface area contributed by atoms with Gasteiger partial charge in [0, 0.05) is 25.5 Å². The predicted octanol–water partition coefficient (Wildman–Crippen LogP) is 2.67. The Kier molecular flexibility index (Phi) is 3.74. The van der Waals surface area contributed by atoms with E-state index in [9.17, 15) is 5.11 Å². The van der Waals surface area contributed by atoms with Crippen molar-refractivity contribution in [1.29, 1.82) is 0 Å². The highest BCUT2D eigenvalue weighted by Gasteiger charge is 2.29. The molecule has 0 spiro atoms. The summed E-state index contributed by atoms with van der Waals surface area (Å²) in [6, 6.07) is 0. The Balaban J connectivity index is 1.51. The molecule has 6 nitrogen and oxygen atoms in total. The Morgan fingerprint density at radius 1 is 1.30 bits per heavy atom. The van der Waals surface area contributed by atoms with Gasteiger partial charge in [0.2, 0.25) is 0 Å². The van der Waals surface area contributed by atoms with E-state index in [1.54, 1.807) is 30.1 Å². The lowest BCUT2D eigenvalue weighted by Crippen LogP contribution is -2.36. The molecule has 1 aliphatic rings. The number of aromatic amines is 1. The Bertz CT molecular complexity index is 792. The molecule has 1 fully saturated rings. The number of piperidine rings is 1. The van der Waals surface area contributed by atoms with E-state index in [0.717, 1.165) is 42.0 Å². The summed E-state index contributed by atoms with van der Waals surface area (Å²) in [7, 11) is 0. The zero-order chi connectivity index (χ0) is 15.8. The first-order chi connectivity index (χ1) is 11.2. The van der Waals surface area contributed by atoms with Crippen molar-refractivity contribution < 1.29 is 5.11 Å². The highest BCUT2D eigenvalue weighted by atomic mass is 32.1. The quantitative estimate of drug-likeness (QED) is 0.772. The Labute approximate surface area is 138 Å². The maximum absolute atomic E-state index is 10.4. The topological polar surface area (TPSA) is 77.9 Å². The van der Waals surface area contributed by atoms with Crippen LogP contribution in [0.15, 0.2) is 24.1 Å². The van der Waals surface area contributed by atoms with Crippen LogP contribution in [0.5, 0.6) is 0 Å². The normalized spacial score (nSPS) is 17.7. The number of thiophene rings is 1. The lowest BCUT2D eigenvalue weighted by atomic mass is 9.91. The number of aryl methyl sites for hydroxylation is 1. The van der Waals surface area contributed by atoms with Crippen LogP contribution in [0, 0.1) is 12.8 Å². The van der Waals surface area contributed by atoms with Crippen LogP contribution in [-0.4, -0.2) is 38.1 Å². The van der Waals surface area contributed by atoms with Gasteiger partial charge in [0.1, 0.15) is 24.1 Å². The first-order valence-electron chi connectivity index (χ1n) is 7.85. The second-order valence-electron chi connectivity index (χ2n) is 6.04. The minimum absolute atomic E-state index is 0.236. The fourth-order valence-corrected chi connectivity index (χ4v) is 4.29. The number of hydrogen-bond donors (Lipinski definition) is 2. The van der Waals surface area contributed by atoms with E-state index in [1.165, 1.54) is 5.56 Å². The van der Waals surface area contributed by atoms with E-state index >= 15 is 0 Å². The molecule has 1 atom stereocenters. The Morgan fingerprint density at radius 2 is 2.13 bits per heavy atom. The summed E-state index contributed by atoms with van der Waals surface area (Å²) in [5, 5.41) is 12.6. The number of aromatic nitrogens is 4. The van der Waals surface area contributed by atoms with Gasteiger partial charge in [-0.25, -0.2) is 15.0 Å². The zero-order valence-electron chi connectivity index (χ0n) is 12.9. The molecule has 0 unspecified atom stereocenters. The van der Waals surface area contributed by atoms with E-state index in [2.05, 4.69) is 37.1 Å². The zero-order valence-corrected chi connectivity index (χ0v) is 13.8. The summed E-state index contributed by atoms with van der Waals surface area (Å²) in [5.41, 5.74) is 2.26. The summed E-state index contributed by atoms with van der Waals surface area (Å²) in [5.74, 6) is 1.93. The van der Waals surface area contributed by atoms with Gasteiger partial charge in [-0.1, -0.05) is 0 Å². The standard InChI is InChI=1S/C16H19N5OS/c1-10-8-23-14-12(10)19-9-20-16(14)21-6-2-11(3-7-21)13(22)15-17-4-5-18-15/h4-5,8-9,11,13,22H,2-3,6-7H2,1H3,(H,17,18)/t13-/m1/s1.